The van der Waals surface area contributed by atoms with E-state index in [2.05, 4.69) is 25.7 Å². The molecule has 0 fully saturated rings. The number of hydrogen-bond acceptors (Lipinski definition) is 4. The van der Waals surface area contributed by atoms with Crippen LogP contribution < -0.4 is 9.47 Å². The summed E-state index contributed by atoms with van der Waals surface area (Å²) in [4.78, 5) is 3.69. The fourth-order valence-electron chi connectivity index (χ4n) is 1.02. The van der Waals surface area contributed by atoms with Crippen LogP contribution in [0.25, 0.3) is 0 Å². The molecular weight excluding hydrogens is 295 g/mol. The summed E-state index contributed by atoms with van der Waals surface area (Å²) < 4.78 is 44.5. The summed E-state index contributed by atoms with van der Waals surface area (Å²) in [6, 6.07) is 0. The van der Waals surface area contributed by atoms with Gasteiger partial charge in [-0.2, -0.15) is 0 Å². The van der Waals surface area contributed by atoms with Crippen LogP contribution in [-0.4, -0.2) is 23.6 Å². The van der Waals surface area contributed by atoms with Gasteiger partial charge in [0.05, 0.1) is 19.0 Å². The Morgan fingerprint density at radius 2 is 2.06 bits per heavy atom. The number of ether oxygens (including phenoxy) is 2. The molecule has 0 amide bonds. The van der Waals surface area contributed by atoms with Crippen LogP contribution in [0.5, 0.6) is 17.2 Å². The van der Waals surface area contributed by atoms with Crippen LogP contribution in [0.15, 0.2) is 6.20 Å². The van der Waals surface area contributed by atoms with Gasteiger partial charge in [0.15, 0.2) is 11.5 Å². The highest BCUT2D eigenvalue weighted by Crippen LogP contribution is 2.41. The molecule has 1 N–H and O–H groups in total. The van der Waals surface area contributed by atoms with Crippen LogP contribution in [0.1, 0.15) is 5.69 Å². The SMILES string of the molecule is COc1c(CBr)ncc(O)c1OC(F)(F)F. The van der Waals surface area contributed by atoms with Gasteiger partial charge < -0.3 is 14.6 Å². The summed E-state index contributed by atoms with van der Waals surface area (Å²) >= 11 is 3.03. The van der Waals surface area contributed by atoms with Crippen molar-refractivity contribution in [2.45, 2.75) is 11.7 Å². The van der Waals surface area contributed by atoms with Crippen LogP contribution >= 0.6 is 15.9 Å². The van der Waals surface area contributed by atoms with Gasteiger partial charge in [0.25, 0.3) is 0 Å². The van der Waals surface area contributed by atoms with Crippen molar-refractivity contribution in [2.24, 2.45) is 0 Å². The third kappa shape index (κ3) is 2.91. The standard InChI is InChI=1S/C8H7BrF3NO3/c1-15-6-4(2-9)13-3-5(14)7(6)16-8(10,11)12/h3,14H,2H2,1H3. The minimum atomic E-state index is -4.91. The average molecular weight is 302 g/mol. The molecule has 16 heavy (non-hydrogen) atoms. The van der Waals surface area contributed by atoms with E-state index in [1.165, 1.54) is 0 Å². The topological polar surface area (TPSA) is 51.6 Å². The predicted octanol–water partition coefficient (Wildman–Crippen LogP) is 2.59. The number of hydrogen-bond donors (Lipinski definition) is 1. The molecule has 0 spiro atoms. The first-order chi connectivity index (χ1) is 7.39. The number of rotatable bonds is 3. The zero-order chi connectivity index (χ0) is 12.3. The van der Waals surface area contributed by atoms with Gasteiger partial charge in [-0.25, -0.2) is 0 Å². The molecule has 0 saturated heterocycles. The monoisotopic (exact) mass is 301 g/mol. The van der Waals surface area contributed by atoms with Crippen molar-refractivity contribution in [3.8, 4) is 17.2 Å². The summed E-state index contributed by atoms with van der Waals surface area (Å²) in [6.45, 7) is 0. The summed E-state index contributed by atoms with van der Waals surface area (Å²) in [5.74, 6) is -1.78. The Morgan fingerprint density at radius 1 is 1.44 bits per heavy atom. The number of pyridine rings is 1. The Balaban J connectivity index is 3.23. The molecule has 0 radical (unpaired) electrons. The lowest BCUT2D eigenvalue weighted by Gasteiger charge is -2.15. The van der Waals surface area contributed by atoms with E-state index in [9.17, 15) is 18.3 Å². The predicted molar refractivity (Wildman–Crippen MR) is 51.8 cm³/mol. The van der Waals surface area contributed by atoms with Gasteiger partial charge in [-0.3, -0.25) is 4.98 Å². The van der Waals surface area contributed by atoms with E-state index in [0.717, 1.165) is 13.3 Å². The molecule has 0 aliphatic heterocycles. The van der Waals surface area contributed by atoms with Crippen molar-refractivity contribution >= 4 is 15.9 Å². The molecule has 1 heterocycles. The maximum Gasteiger partial charge on any atom is 0.573 e. The number of halogens is 4. The largest absolute Gasteiger partial charge is 0.573 e. The van der Waals surface area contributed by atoms with Crippen molar-refractivity contribution in [1.29, 1.82) is 0 Å². The molecule has 0 aliphatic rings. The highest BCUT2D eigenvalue weighted by molar-refractivity contribution is 9.08. The van der Waals surface area contributed by atoms with Crippen LogP contribution in [0, 0.1) is 0 Å². The molecule has 1 rings (SSSR count). The first kappa shape index (κ1) is 12.9. The Hall–Kier alpha value is -1.18. The van der Waals surface area contributed by atoms with E-state index in [4.69, 9.17) is 4.74 Å². The maximum absolute atomic E-state index is 12.1. The summed E-state index contributed by atoms with van der Waals surface area (Å²) in [7, 11) is 1.16. The minimum absolute atomic E-state index is 0.171. The van der Waals surface area contributed by atoms with E-state index in [1.807, 2.05) is 0 Å². The molecule has 0 saturated carbocycles. The van der Waals surface area contributed by atoms with E-state index in [1.54, 1.807) is 0 Å². The second-order valence-electron chi connectivity index (χ2n) is 2.63. The maximum atomic E-state index is 12.1. The van der Waals surface area contributed by atoms with Gasteiger partial charge in [-0.05, 0) is 0 Å². The molecule has 4 nitrogen and oxygen atoms in total. The number of aromatic hydroxyl groups is 1. The first-order valence-electron chi connectivity index (χ1n) is 3.95. The van der Waals surface area contributed by atoms with Crippen molar-refractivity contribution in [3.63, 3.8) is 0 Å². The lowest BCUT2D eigenvalue weighted by molar-refractivity contribution is -0.275. The van der Waals surface area contributed by atoms with E-state index in [-0.39, 0.29) is 16.8 Å². The molecule has 1 aromatic rings. The average Bonchev–Trinajstić information content (AvgIpc) is 2.19. The number of methoxy groups -OCH3 is 1. The molecular formula is C8H7BrF3NO3. The molecule has 0 unspecified atom stereocenters. The fraction of sp³-hybridized carbons (Fsp3) is 0.375. The second kappa shape index (κ2) is 4.77. The molecule has 8 heteroatoms. The van der Waals surface area contributed by atoms with Gasteiger partial charge >= 0.3 is 6.36 Å². The van der Waals surface area contributed by atoms with Crippen molar-refractivity contribution in [2.75, 3.05) is 7.11 Å². The number of alkyl halides is 4. The summed E-state index contributed by atoms with van der Waals surface area (Å²) in [5.41, 5.74) is 0.194. The van der Waals surface area contributed by atoms with Crippen molar-refractivity contribution < 1.29 is 27.8 Å². The highest BCUT2D eigenvalue weighted by Gasteiger charge is 2.34. The Labute approximate surface area is 97.1 Å². The summed E-state index contributed by atoms with van der Waals surface area (Å²) in [6.07, 6.45) is -4.05. The quantitative estimate of drug-likeness (QED) is 0.872. The zero-order valence-electron chi connectivity index (χ0n) is 8.01. The normalized spacial score (nSPS) is 11.3. The van der Waals surface area contributed by atoms with E-state index in [0.29, 0.717) is 0 Å². The van der Waals surface area contributed by atoms with Crippen LogP contribution in [0.4, 0.5) is 13.2 Å². The fourth-order valence-corrected chi connectivity index (χ4v) is 1.42. The third-order valence-corrected chi connectivity index (χ3v) is 2.12. The van der Waals surface area contributed by atoms with Crippen LogP contribution in [-0.2, 0) is 5.33 Å². The van der Waals surface area contributed by atoms with Gasteiger partial charge in [0.1, 0.15) is 0 Å². The molecule has 90 valence electrons. The number of nitrogens with zero attached hydrogens (tertiary/aromatic N) is 1. The number of aromatic nitrogens is 1. The smallest absolute Gasteiger partial charge is 0.503 e. The van der Waals surface area contributed by atoms with Gasteiger partial charge in [0.2, 0.25) is 5.75 Å². The van der Waals surface area contributed by atoms with Gasteiger partial charge in [0, 0.05) is 5.33 Å². The Kier molecular flexibility index (Phi) is 3.84. The highest BCUT2D eigenvalue weighted by atomic mass is 79.9. The van der Waals surface area contributed by atoms with Crippen LogP contribution in [0.3, 0.4) is 0 Å². The van der Waals surface area contributed by atoms with Gasteiger partial charge in [-0.15, -0.1) is 13.2 Å². The molecule has 0 aliphatic carbocycles. The van der Waals surface area contributed by atoms with Crippen molar-refractivity contribution in [3.05, 3.63) is 11.9 Å². The first-order valence-corrected chi connectivity index (χ1v) is 5.07. The molecule has 1 aromatic heterocycles. The molecule has 0 bridgehead atoms. The zero-order valence-corrected chi connectivity index (χ0v) is 9.59. The lowest BCUT2D eigenvalue weighted by Crippen LogP contribution is -2.18. The van der Waals surface area contributed by atoms with E-state index < -0.39 is 17.9 Å². The summed E-state index contributed by atoms with van der Waals surface area (Å²) in [5, 5.41) is 9.39. The molecule has 0 aromatic carbocycles. The Morgan fingerprint density at radius 3 is 2.50 bits per heavy atom. The Bertz CT molecular complexity index is 384. The van der Waals surface area contributed by atoms with Crippen LogP contribution in [0.2, 0.25) is 0 Å². The van der Waals surface area contributed by atoms with Crippen molar-refractivity contribution in [1.82, 2.24) is 4.98 Å². The minimum Gasteiger partial charge on any atom is -0.503 e. The molecule has 0 atom stereocenters. The van der Waals surface area contributed by atoms with Gasteiger partial charge in [-0.1, -0.05) is 15.9 Å². The second-order valence-corrected chi connectivity index (χ2v) is 3.19. The lowest BCUT2D eigenvalue weighted by atomic mass is 10.3. The van der Waals surface area contributed by atoms with E-state index >= 15 is 0 Å². The third-order valence-electron chi connectivity index (χ3n) is 1.59.